The van der Waals surface area contributed by atoms with Gasteiger partial charge in [-0.25, -0.2) is 19.6 Å². The first-order valence-electron chi connectivity index (χ1n) is 5.27. The lowest BCUT2D eigenvalue weighted by Gasteiger charge is -2.08. The molecule has 2 aromatic rings. The number of hydrogen-bond donors (Lipinski definition) is 3. The molecule has 0 saturated heterocycles. The van der Waals surface area contributed by atoms with Crippen molar-refractivity contribution in [2.75, 3.05) is 11.6 Å². The fraction of sp³-hybridized carbons (Fsp3) is 0.300. The van der Waals surface area contributed by atoms with Gasteiger partial charge in [0, 0.05) is 5.92 Å². The molecular formula is C10H13ClN6O. The van der Waals surface area contributed by atoms with Gasteiger partial charge in [-0.05, 0) is 6.42 Å². The van der Waals surface area contributed by atoms with E-state index >= 15 is 0 Å². The Morgan fingerprint density at radius 2 is 2.11 bits per heavy atom. The van der Waals surface area contributed by atoms with Gasteiger partial charge in [0.25, 0.3) is 0 Å². The molecule has 0 saturated carbocycles. The molecule has 0 aromatic carbocycles. The minimum absolute atomic E-state index is 0. The molecule has 3 rings (SSSR count). The van der Waals surface area contributed by atoms with Crippen LogP contribution in [0.3, 0.4) is 0 Å². The summed E-state index contributed by atoms with van der Waals surface area (Å²) < 4.78 is 1.30. The van der Waals surface area contributed by atoms with Gasteiger partial charge in [-0.3, -0.25) is 0 Å². The number of rotatable bonds is 1. The molecule has 0 fully saturated rings. The van der Waals surface area contributed by atoms with Crippen molar-refractivity contribution in [3.8, 4) is 0 Å². The van der Waals surface area contributed by atoms with E-state index in [4.69, 9.17) is 11.6 Å². The number of hydrogen-bond acceptors (Lipinski definition) is 6. The molecule has 2 heterocycles. The molecule has 5 N–H and O–H groups in total. The second kappa shape index (κ2) is 4.43. The van der Waals surface area contributed by atoms with Crippen LogP contribution < -0.4 is 11.6 Å². The van der Waals surface area contributed by atoms with Gasteiger partial charge in [0.2, 0.25) is 0 Å². The van der Waals surface area contributed by atoms with Gasteiger partial charge in [0.15, 0.2) is 17.0 Å². The van der Waals surface area contributed by atoms with Gasteiger partial charge in [0.05, 0.1) is 6.10 Å². The lowest BCUT2D eigenvalue weighted by molar-refractivity contribution is 0.217. The number of nitrogens with two attached hydrogens (primary N) is 2. The number of aliphatic hydroxyl groups excluding tert-OH is 1. The van der Waals surface area contributed by atoms with Crippen LogP contribution in [0.4, 0.5) is 5.82 Å². The van der Waals surface area contributed by atoms with Crippen molar-refractivity contribution < 1.29 is 5.11 Å². The van der Waals surface area contributed by atoms with Gasteiger partial charge < -0.3 is 16.7 Å². The van der Waals surface area contributed by atoms with Crippen LogP contribution in [0.5, 0.6) is 0 Å². The van der Waals surface area contributed by atoms with Crippen LogP contribution in [-0.4, -0.2) is 30.8 Å². The van der Waals surface area contributed by atoms with Crippen LogP contribution in [0.15, 0.2) is 18.5 Å². The number of fused-ring (bicyclic) bond motifs is 1. The highest BCUT2D eigenvalue weighted by molar-refractivity contribution is 5.85. The second-order valence-electron chi connectivity index (χ2n) is 4.09. The Morgan fingerprint density at radius 1 is 1.33 bits per heavy atom. The predicted octanol–water partition coefficient (Wildman–Crippen LogP) is -0.0515. The van der Waals surface area contributed by atoms with E-state index in [1.54, 1.807) is 6.08 Å². The van der Waals surface area contributed by atoms with Crippen LogP contribution in [0.2, 0.25) is 0 Å². The predicted molar refractivity (Wildman–Crippen MR) is 69.6 cm³/mol. The van der Waals surface area contributed by atoms with Crippen LogP contribution in [0.25, 0.3) is 11.2 Å². The highest BCUT2D eigenvalue weighted by atomic mass is 35.5. The van der Waals surface area contributed by atoms with Crippen LogP contribution in [-0.2, 0) is 0 Å². The number of allylic oxidation sites excluding steroid dienone is 1. The molecule has 2 aromatic heterocycles. The lowest BCUT2D eigenvalue weighted by Crippen LogP contribution is -2.11. The summed E-state index contributed by atoms with van der Waals surface area (Å²) in [7, 11) is 0. The van der Waals surface area contributed by atoms with Crippen molar-refractivity contribution >= 4 is 29.4 Å². The van der Waals surface area contributed by atoms with Gasteiger partial charge >= 0.3 is 0 Å². The smallest absolute Gasteiger partial charge is 0.185 e. The molecular weight excluding hydrogens is 256 g/mol. The molecule has 2 atom stereocenters. The van der Waals surface area contributed by atoms with E-state index in [0.717, 1.165) is 0 Å². The summed E-state index contributed by atoms with van der Waals surface area (Å²) >= 11 is 0. The first-order valence-corrected chi connectivity index (χ1v) is 5.27. The van der Waals surface area contributed by atoms with Crippen molar-refractivity contribution in [1.29, 1.82) is 0 Å². The van der Waals surface area contributed by atoms with Crippen molar-refractivity contribution in [2.24, 2.45) is 0 Å². The number of aromatic nitrogens is 4. The molecule has 0 spiro atoms. The Morgan fingerprint density at radius 3 is 2.78 bits per heavy atom. The lowest BCUT2D eigenvalue weighted by atomic mass is 10.1. The zero-order valence-electron chi connectivity index (χ0n) is 9.39. The number of nitrogen functional groups attached to an aromatic ring is 2. The number of imidazole rings is 1. The highest BCUT2D eigenvalue weighted by Gasteiger charge is 2.22. The van der Waals surface area contributed by atoms with Crippen molar-refractivity contribution in [3.63, 3.8) is 0 Å². The third-order valence-corrected chi connectivity index (χ3v) is 2.87. The largest absolute Gasteiger partial charge is 0.389 e. The summed E-state index contributed by atoms with van der Waals surface area (Å²) in [4.78, 5) is 12.6. The fourth-order valence-corrected chi connectivity index (χ4v) is 2.03. The molecule has 7 nitrogen and oxygen atoms in total. The molecule has 0 radical (unpaired) electrons. The van der Waals surface area contributed by atoms with E-state index in [1.807, 2.05) is 6.08 Å². The first-order chi connectivity index (χ1) is 8.15. The molecule has 0 amide bonds. The van der Waals surface area contributed by atoms with Gasteiger partial charge in [-0.1, -0.05) is 12.2 Å². The molecule has 8 heteroatoms. The van der Waals surface area contributed by atoms with Gasteiger partial charge in [-0.2, -0.15) is 0 Å². The average molecular weight is 269 g/mol. The normalized spacial score (nSPS) is 22.3. The molecule has 1 aliphatic carbocycles. The maximum atomic E-state index is 9.43. The maximum absolute atomic E-state index is 9.43. The fourth-order valence-electron chi connectivity index (χ4n) is 2.03. The van der Waals surface area contributed by atoms with E-state index in [9.17, 15) is 5.11 Å². The van der Waals surface area contributed by atoms with Crippen molar-refractivity contribution in [3.05, 3.63) is 24.3 Å². The Hall–Kier alpha value is -1.86. The first kappa shape index (κ1) is 12.6. The monoisotopic (exact) mass is 268 g/mol. The molecule has 96 valence electrons. The Kier molecular flexibility index (Phi) is 3.10. The van der Waals surface area contributed by atoms with Crippen LogP contribution in [0, 0.1) is 0 Å². The van der Waals surface area contributed by atoms with E-state index in [2.05, 4.69) is 15.0 Å². The summed E-state index contributed by atoms with van der Waals surface area (Å²) in [6.07, 6.45) is 5.20. The SMILES string of the molecule is Cl.Nc1nc(C2C=CC(O)C2)nc2ncn(N)c12. The van der Waals surface area contributed by atoms with Crippen LogP contribution >= 0.6 is 12.4 Å². The number of aliphatic hydroxyl groups is 1. The Labute approximate surface area is 109 Å². The molecule has 18 heavy (non-hydrogen) atoms. The second-order valence-corrected chi connectivity index (χ2v) is 4.09. The molecule has 2 unspecified atom stereocenters. The average Bonchev–Trinajstić information content (AvgIpc) is 2.86. The summed E-state index contributed by atoms with van der Waals surface area (Å²) in [6, 6.07) is 0. The van der Waals surface area contributed by atoms with Gasteiger partial charge in [-0.15, -0.1) is 12.4 Å². The van der Waals surface area contributed by atoms with Crippen molar-refractivity contribution in [2.45, 2.75) is 18.4 Å². The summed E-state index contributed by atoms with van der Waals surface area (Å²) in [5.74, 6) is 6.50. The van der Waals surface area contributed by atoms with Crippen molar-refractivity contribution in [1.82, 2.24) is 19.6 Å². The minimum Gasteiger partial charge on any atom is -0.389 e. The molecule has 0 bridgehead atoms. The summed E-state index contributed by atoms with van der Waals surface area (Å²) in [5.41, 5.74) is 6.83. The third-order valence-electron chi connectivity index (χ3n) is 2.87. The minimum atomic E-state index is -0.437. The standard InChI is InChI=1S/C10H12N6O.ClH/c11-8-7-10(13-4-16(7)12)15-9(14-8)5-1-2-6(17)3-5;/h1-2,4-6,17H,3,12H2,(H2,11,14,15);1H. The van der Waals surface area contributed by atoms with E-state index in [1.165, 1.54) is 11.0 Å². The van der Waals surface area contributed by atoms with Crippen LogP contribution in [0.1, 0.15) is 18.2 Å². The maximum Gasteiger partial charge on any atom is 0.185 e. The molecule has 1 aliphatic rings. The van der Waals surface area contributed by atoms with E-state index in [0.29, 0.717) is 29.2 Å². The quantitative estimate of drug-likeness (QED) is 0.493. The topological polar surface area (TPSA) is 116 Å². The third kappa shape index (κ3) is 1.87. The number of anilines is 1. The zero-order chi connectivity index (χ0) is 12.0. The highest BCUT2D eigenvalue weighted by Crippen LogP contribution is 2.28. The van der Waals surface area contributed by atoms with E-state index < -0.39 is 6.10 Å². The Balaban J connectivity index is 0.00000120. The summed E-state index contributed by atoms with van der Waals surface area (Å²) in [6.45, 7) is 0. The Bertz CT molecular complexity index is 610. The van der Waals surface area contributed by atoms with Gasteiger partial charge in [0.1, 0.15) is 12.2 Å². The zero-order valence-corrected chi connectivity index (χ0v) is 10.2. The van der Waals surface area contributed by atoms with E-state index in [-0.39, 0.29) is 18.3 Å². The summed E-state index contributed by atoms with van der Waals surface area (Å²) in [5, 5.41) is 9.43. The molecule has 0 aliphatic heterocycles. The number of nitrogens with zero attached hydrogens (tertiary/aromatic N) is 4. The number of halogens is 1.